The molecule has 0 bridgehead atoms. The topological polar surface area (TPSA) is 51.2 Å². The van der Waals surface area contributed by atoms with Gasteiger partial charge in [0.1, 0.15) is 0 Å². The first-order chi connectivity index (χ1) is 23.9. The molecular weight excluding hydrogens is 657 g/mol. The lowest BCUT2D eigenvalue weighted by Crippen LogP contribution is -2.31. The molecule has 3 atom stereocenters. The Hall–Kier alpha value is -4.25. The first-order valence-corrected chi connectivity index (χ1v) is 22.2. The number of rotatable bonds is 3. The fourth-order valence-corrected chi connectivity index (χ4v) is 19.4. The molecule has 5 aliphatic rings. The molecule has 6 heteroatoms. The summed E-state index contributed by atoms with van der Waals surface area (Å²) in [6, 6.07) is 37.9. The fourth-order valence-electron chi connectivity index (χ4n) is 9.07. The highest BCUT2D eigenvalue weighted by molar-refractivity contribution is 7.87. The van der Waals surface area contributed by atoms with Gasteiger partial charge in [0, 0.05) is 47.8 Å². The maximum Gasteiger partial charge on any atom is 0.172 e. The molecule has 0 N–H and O–H groups in total. The average Bonchev–Trinajstić information content (AvgIpc) is 3.70. The van der Waals surface area contributed by atoms with E-state index >= 15 is 13.7 Å². The molecule has 0 amide bonds. The van der Waals surface area contributed by atoms with Crippen LogP contribution in [-0.2, 0) is 13.7 Å². The zero-order valence-corrected chi connectivity index (χ0v) is 29.7. The molecule has 2 aliphatic carbocycles. The van der Waals surface area contributed by atoms with Crippen molar-refractivity contribution in [3.8, 4) is 11.1 Å². The van der Waals surface area contributed by atoms with Crippen molar-refractivity contribution in [2.45, 2.75) is 26.2 Å². The van der Waals surface area contributed by atoms with Crippen molar-refractivity contribution in [2.24, 2.45) is 5.92 Å². The molecule has 3 aliphatic heterocycles. The molecule has 0 radical (unpaired) electrons. The molecule has 3 heterocycles. The Labute approximate surface area is 286 Å². The van der Waals surface area contributed by atoms with E-state index in [4.69, 9.17) is 0 Å². The molecule has 49 heavy (non-hydrogen) atoms. The van der Waals surface area contributed by atoms with Gasteiger partial charge in [-0.1, -0.05) is 128 Å². The minimum atomic E-state index is -3.46. The largest absolute Gasteiger partial charge is 0.309 e. The van der Waals surface area contributed by atoms with Crippen LogP contribution in [0.5, 0.6) is 0 Å². The third-order valence-electron chi connectivity index (χ3n) is 11.2. The van der Waals surface area contributed by atoms with Gasteiger partial charge in [-0.15, -0.1) is 0 Å². The van der Waals surface area contributed by atoms with Crippen LogP contribution in [0.25, 0.3) is 22.3 Å². The maximum absolute atomic E-state index is 16.3. The van der Waals surface area contributed by atoms with Gasteiger partial charge in [-0.3, -0.25) is 0 Å². The smallest absolute Gasteiger partial charge is 0.172 e. The summed E-state index contributed by atoms with van der Waals surface area (Å²) in [7, 11) is -10.3. The lowest BCUT2D eigenvalue weighted by molar-refractivity contribution is 0.585. The molecule has 0 saturated carbocycles. The zero-order valence-electron chi connectivity index (χ0n) is 27.0. The molecule has 5 aromatic rings. The summed E-state index contributed by atoms with van der Waals surface area (Å²) in [6.45, 7) is 2.16. The third kappa shape index (κ3) is 3.74. The summed E-state index contributed by atoms with van der Waals surface area (Å²) < 4.78 is 48.5. The summed E-state index contributed by atoms with van der Waals surface area (Å²) in [6.07, 6.45) is 10.9. The van der Waals surface area contributed by atoms with Gasteiger partial charge >= 0.3 is 0 Å². The molecule has 0 spiro atoms. The van der Waals surface area contributed by atoms with Crippen molar-refractivity contribution in [3.05, 3.63) is 161 Å². The number of fused-ring (bicyclic) bond motifs is 7. The van der Waals surface area contributed by atoms with Gasteiger partial charge in [-0.2, -0.15) is 0 Å². The Kier molecular flexibility index (Phi) is 6.28. The Morgan fingerprint density at radius 3 is 1.57 bits per heavy atom. The second kappa shape index (κ2) is 10.4. The van der Waals surface area contributed by atoms with Crippen LogP contribution in [0.2, 0.25) is 0 Å². The van der Waals surface area contributed by atoms with E-state index in [1.807, 2.05) is 103 Å². The van der Waals surface area contributed by atoms with Crippen molar-refractivity contribution in [1.82, 2.24) is 0 Å². The molecule has 3 nitrogen and oxygen atoms in total. The van der Waals surface area contributed by atoms with Crippen molar-refractivity contribution in [2.75, 3.05) is 0 Å². The van der Waals surface area contributed by atoms with E-state index in [1.54, 1.807) is 0 Å². The van der Waals surface area contributed by atoms with Crippen molar-refractivity contribution in [1.29, 1.82) is 0 Å². The predicted octanol–water partition coefficient (Wildman–Crippen LogP) is 8.33. The van der Waals surface area contributed by atoms with Crippen LogP contribution in [0.4, 0.5) is 0 Å². The van der Waals surface area contributed by atoms with E-state index in [-0.39, 0.29) is 5.92 Å². The summed E-state index contributed by atoms with van der Waals surface area (Å²) in [5, 5.41) is 6.96. The number of hydrogen-bond donors (Lipinski definition) is 0. The summed E-state index contributed by atoms with van der Waals surface area (Å²) in [4.78, 5) is 0. The fraction of sp³-hybridized carbons (Fsp3) is 0.116. The van der Waals surface area contributed by atoms with E-state index in [0.717, 1.165) is 78.1 Å². The van der Waals surface area contributed by atoms with Crippen molar-refractivity contribution >= 4 is 69.7 Å². The van der Waals surface area contributed by atoms with E-state index in [2.05, 4.69) is 43.4 Å². The number of allylic oxidation sites excluding steroid dienone is 8. The first kappa shape index (κ1) is 29.6. The van der Waals surface area contributed by atoms with Crippen LogP contribution in [0.1, 0.15) is 37.3 Å². The van der Waals surface area contributed by atoms with Gasteiger partial charge in [0.15, 0.2) is 21.4 Å². The molecule has 5 aromatic carbocycles. The second-order valence-corrected chi connectivity index (χ2v) is 21.9. The number of hydrogen-bond acceptors (Lipinski definition) is 3. The quantitative estimate of drug-likeness (QED) is 0.176. The van der Waals surface area contributed by atoms with Crippen LogP contribution >= 0.6 is 21.4 Å². The Morgan fingerprint density at radius 1 is 0.510 bits per heavy atom. The van der Waals surface area contributed by atoms with Crippen molar-refractivity contribution in [3.63, 3.8) is 0 Å². The van der Waals surface area contributed by atoms with Crippen molar-refractivity contribution < 1.29 is 13.7 Å². The lowest BCUT2D eigenvalue weighted by Gasteiger charge is -2.28. The monoisotopic (exact) mass is 690 g/mol. The molecule has 238 valence electrons. The van der Waals surface area contributed by atoms with Gasteiger partial charge in [0.2, 0.25) is 0 Å². The average molecular weight is 691 g/mol. The summed E-state index contributed by atoms with van der Waals surface area (Å²) in [5.74, 6) is 0.0651. The van der Waals surface area contributed by atoms with E-state index in [9.17, 15) is 0 Å². The zero-order chi connectivity index (χ0) is 33.1. The Bertz CT molecular complexity index is 2550. The molecule has 10 rings (SSSR count). The highest BCUT2D eigenvalue weighted by atomic mass is 31.2. The minimum absolute atomic E-state index is 0.0651. The van der Waals surface area contributed by atoms with Gasteiger partial charge in [0.25, 0.3) is 0 Å². The van der Waals surface area contributed by atoms with E-state index in [1.165, 1.54) is 0 Å². The highest BCUT2D eigenvalue weighted by Gasteiger charge is 2.49. The summed E-state index contributed by atoms with van der Waals surface area (Å²) in [5.41, 5.74) is 5.99. The van der Waals surface area contributed by atoms with Crippen LogP contribution in [-0.4, -0.2) is 0 Å². The third-order valence-corrected chi connectivity index (χ3v) is 21.0. The second-order valence-electron chi connectivity index (χ2n) is 13.7. The first-order valence-electron chi connectivity index (χ1n) is 17.0. The molecule has 0 aromatic heterocycles. The Balaban J connectivity index is 1.33. The maximum atomic E-state index is 16.3. The molecule has 0 fully saturated rings. The normalized spacial score (nSPS) is 25.0. The minimum Gasteiger partial charge on any atom is -0.309 e. The van der Waals surface area contributed by atoms with Gasteiger partial charge in [-0.25, -0.2) is 0 Å². The summed E-state index contributed by atoms with van der Waals surface area (Å²) >= 11 is 0. The van der Waals surface area contributed by atoms with Crippen LogP contribution in [0, 0.1) is 5.92 Å². The highest BCUT2D eigenvalue weighted by Crippen LogP contribution is 2.66. The van der Waals surface area contributed by atoms with Crippen LogP contribution < -0.4 is 37.1 Å². The standard InChI is InChI=1S/C43H33O3P3/c1-28-13-12-19-37-36-18-6-11-24-42(36)49(46,43(28)37)31-26-29(47(44)38-20-7-2-14-32(38)33-15-3-8-21-39(33)47)25-30(27-31)48(45)40-22-9-4-16-34(40)35-17-5-10-23-41(35)48/h2-9,11-12,14-22,24-28H,10,13,23H2,1H3. The number of benzene rings is 5. The van der Waals surface area contributed by atoms with Gasteiger partial charge in [-0.05, 0) is 76.8 Å². The van der Waals surface area contributed by atoms with Crippen LogP contribution in [0.15, 0.2) is 150 Å². The Morgan fingerprint density at radius 2 is 0.959 bits per heavy atom. The van der Waals surface area contributed by atoms with E-state index in [0.29, 0.717) is 22.3 Å². The SMILES string of the molecule is CC1CC=CC2=C1P(=O)(c1cc(P3(=O)C4=C(C=CCC4)c4ccccc43)cc(P3(=O)c4ccccc4-c4ccccc43)c1)c1ccccc12. The molecular formula is C43H33O3P3. The lowest BCUT2D eigenvalue weighted by atomic mass is 9.94. The van der Waals surface area contributed by atoms with Gasteiger partial charge in [0.05, 0.1) is 0 Å². The van der Waals surface area contributed by atoms with Gasteiger partial charge < -0.3 is 13.7 Å². The predicted molar refractivity (Wildman–Crippen MR) is 207 cm³/mol. The molecule has 0 saturated heterocycles. The van der Waals surface area contributed by atoms with E-state index < -0.39 is 21.4 Å². The molecule has 3 unspecified atom stereocenters. The van der Waals surface area contributed by atoms with Crippen LogP contribution in [0.3, 0.4) is 0 Å².